The highest BCUT2D eigenvalue weighted by atomic mass is 16.6. The summed E-state index contributed by atoms with van der Waals surface area (Å²) in [4.78, 5) is 59.9. The highest BCUT2D eigenvalue weighted by Crippen LogP contribution is 2.53. The fourth-order valence-electron chi connectivity index (χ4n) is 6.83. The molecular formula is C32H42N4O7. The second-order valence-electron chi connectivity index (χ2n) is 11.7. The molecule has 232 valence electrons. The highest BCUT2D eigenvalue weighted by Gasteiger charge is 2.72. The number of aliphatic hydroxyl groups excluding tert-OH is 1. The van der Waals surface area contributed by atoms with Crippen LogP contribution in [0.1, 0.15) is 40.5 Å². The van der Waals surface area contributed by atoms with Crippen molar-refractivity contribution < 1.29 is 33.8 Å². The third-order valence-electron chi connectivity index (χ3n) is 9.00. The Kier molecular flexibility index (Phi) is 8.94. The van der Waals surface area contributed by atoms with Crippen LogP contribution in [-0.4, -0.2) is 96.4 Å². The van der Waals surface area contributed by atoms with Crippen molar-refractivity contribution in [2.24, 2.45) is 11.8 Å². The van der Waals surface area contributed by atoms with Crippen LogP contribution < -0.4 is 15.1 Å². The smallest absolute Gasteiger partial charge is 0.313 e. The first kappa shape index (κ1) is 30.7. The van der Waals surface area contributed by atoms with Crippen molar-refractivity contribution in [3.05, 3.63) is 48.6 Å². The molecular weight excluding hydrogens is 552 g/mol. The molecule has 5 rings (SSSR count). The van der Waals surface area contributed by atoms with Crippen molar-refractivity contribution in [2.75, 3.05) is 42.6 Å². The molecule has 1 aromatic rings. The molecule has 43 heavy (non-hydrogen) atoms. The van der Waals surface area contributed by atoms with Gasteiger partial charge in [0.15, 0.2) is 0 Å². The summed E-state index contributed by atoms with van der Waals surface area (Å²) in [5.74, 6) is -3.62. The molecule has 1 aromatic carbocycles. The monoisotopic (exact) mass is 594 g/mol. The summed E-state index contributed by atoms with van der Waals surface area (Å²) in [6.45, 7) is 9.26. The SMILES string of the molecule is CCN(CC)c1ccc(N2CC=C[C@@]34O[C@H]5/C=C\CCC(=O)NC[C@H](C)OC(=O)[C@H]5[C@@H]3C(=O)N([C@H](C)CO)[C@H]4C2=O)cc1. The number of rotatable bonds is 6. The molecule has 3 amide bonds. The number of cyclic esters (lactones) is 1. The number of amides is 3. The van der Waals surface area contributed by atoms with Crippen LogP contribution in [0.25, 0.3) is 0 Å². The third-order valence-corrected chi connectivity index (χ3v) is 9.00. The average Bonchev–Trinajstić information content (AvgIpc) is 3.39. The zero-order valence-corrected chi connectivity index (χ0v) is 25.3. The van der Waals surface area contributed by atoms with E-state index in [9.17, 15) is 24.3 Å². The quantitative estimate of drug-likeness (QED) is 0.377. The fraction of sp³-hybridized carbons (Fsp3) is 0.562. The van der Waals surface area contributed by atoms with E-state index in [0.29, 0.717) is 12.1 Å². The molecule has 2 saturated heterocycles. The number of benzene rings is 1. The van der Waals surface area contributed by atoms with E-state index in [1.165, 1.54) is 4.90 Å². The van der Waals surface area contributed by atoms with Gasteiger partial charge in [-0.05, 0) is 58.4 Å². The molecule has 11 nitrogen and oxygen atoms in total. The molecule has 4 aliphatic rings. The van der Waals surface area contributed by atoms with Gasteiger partial charge in [0.1, 0.15) is 23.7 Å². The van der Waals surface area contributed by atoms with Crippen molar-refractivity contribution in [1.82, 2.24) is 10.2 Å². The van der Waals surface area contributed by atoms with E-state index in [1.807, 2.05) is 30.3 Å². The number of fused-ring (bicyclic) bond motifs is 2. The molecule has 2 fully saturated rings. The molecule has 0 aromatic heterocycles. The minimum absolute atomic E-state index is 0.146. The first-order valence-electron chi connectivity index (χ1n) is 15.3. The molecule has 4 heterocycles. The molecule has 1 spiro atoms. The zero-order valence-electron chi connectivity index (χ0n) is 25.3. The summed E-state index contributed by atoms with van der Waals surface area (Å²) < 4.78 is 12.4. The number of carbonyl (C=O) groups is 4. The number of carbonyl (C=O) groups excluding carboxylic acids is 4. The van der Waals surface area contributed by atoms with Crippen LogP contribution in [0, 0.1) is 11.8 Å². The lowest BCUT2D eigenvalue weighted by Crippen LogP contribution is -2.57. The Hall–Kier alpha value is -3.70. The summed E-state index contributed by atoms with van der Waals surface area (Å²) in [5.41, 5.74) is 0.258. The number of allylic oxidation sites excluding steroid dienone is 1. The number of nitrogens with one attached hydrogen (secondary N) is 1. The predicted molar refractivity (Wildman–Crippen MR) is 160 cm³/mol. The number of ether oxygens (including phenoxy) is 2. The third kappa shape index (κ3) is 5.44. The van der Waals surface area contributed by atoms with Gasteiger partial charge in [-0.3, -0.25) is 19.2 Å². The fourth-order valence-corrected chi connectivity index (χ4v) is 6.83. The van der Waals surface area contributed by atoms with E-state index in [4.69, 9.17) is 9.47 Å². The maximum absolute atomic E-state index is 14.5. The Morgan fingerprint density at radius 2 is 1.81 bits per heavy atom. The van der Waals surface area contributed by atoms with Crippen LogP contribution in [-0.2, 0) is 28.7 Å². The summed E-state index contributed by atoms with van der Waals surface area (Å²) in [7, 11) is 0. The number of esters is 1. The topological polar surface area (TPSA) is 129 Å². The Labute approximate surface area is 252 Å². The van der Waals surface area contributed by atoms with Crippen molar-refractivity contribution in [1.29, 1.82) is 0 Å². The molecule has 0 radical (unpaired) electrons. The summed E-state index contributed by atoms with van der Waals surface area (Å²) in [6, 6.07) is 5.93. The van der Waals surface area contributed by atoms with Gasteiger partial charge in [-0.1, -0.05) is 24.3 Å². The average molecular weight is 595 g/mol. The van der Waals surface area contributed by atoms with Crippen LogP contribution in [0.15, 0.2) is 48.6 Å². The Balaban J connectivity index is 1.56. The van der Waals surface area contributed by atoms with Gasteiger partial charge < -0.3 is 34.6 Å². The number of nitrogens with zero attached hydrogens (tertiary/aromatic N) is 3. The largest absolute Gasteiger partial charge is 0.460 e. The minimum Gasteiger partial charge on any atom is -0.460 e. The Morgan fingerprint density at radius 1 is 1.09 bits per heavy atom. The van der Waals surface area contributed by atoms with E-state index >= 15 is 0 Å². The maximum Gasteiger partial charge on any atom is 0.313 e. The lowest BCUT2D eigenvalue weighted by molar-refractivity contribution is -0.159. The molecule has 7 atom stereocenters. The molecule has 0 saturated carbocycles. The van der Waals surface area contributed by atoms with Crippen LogP contribution in [0.3, 0.4) is 0 Å². The van der Waals surface area contributed by atoms with Crippen molar-refractivity contribution in [3.63, 3.8) is 0 Å². The standard InChI is InChI=1S/C32H42N4O7/c1-5-34(6-2)22-12-14-23(15-13-22)35-17-9-16-32-27(29(39)36(20(3)19-37)28(32)30(35)40)26-24(43-32)10-7-8-11-25(38)33-18-21(4)42-31(26)41/h7,9-10,12-16,20-21,24,26-28,37H,5-6,8,11,17-19H2,1-4H3,(H,33,38)/b10-7-/t20-,21+,24+,26-,27-,28+,32-/m1/s1. The van der Waals surface area contributed by atoms with Gasteiger partial charge in [0.05, 0.1) is 31.2 Å². The first-order chi connectivity index (χ1) is 20.7. The van der Waals surface area contributed by atoms with Gasteiger partial charge in [0.2, 0.25) is 11.8 Å². The van der Waals surface area contributed by atoms with Gasteiger partial charge in [-0.25, -0.2) is 0 Å². The van der Waals surface area contributed by atoms with Crippen LogP contribution in [0.4, 0.5) is 11.4 Å². The van der Waals surface area contributed by atoms with E-state index in [0.717, 1.165) is 18.8 Å². The summed E-state index contributed by atoms with van der Waals surface area (Å²) in [6.07, 6.45) is 6.26. The van der Waals surface area contributed by atoms with Crippen molar-refractivity contribution in [2.45, 2.75) is 70.4 Å². The summed E-state index contributed by atoms with van der Waals surface area (Å²) >= 11 is 0. The van der Waals surface area contributed by atoms with Gasteiger partial charge in [-0.2, -0.15) is 0 Å². The van der Waals surface area contributed by atoms with Gasteiger partial charge in [-0.15, -0.1) is 0 Å². The van der Waals surface area contributed by atoms with E-state index in [-0.39, 0.29) is 37.9 Å². The molecule has 4 aliphatic heterocycles. The molecule has 0 unspecified atom stereocenters. The lowest BCUT2D eigenvalue weighted by atomic mass is 9.78. The number of hydrogen-bond acceptors (Lipinski definition) is 8. The maximum atomic E-state index is 14.5. The Bertz CT molecular complexity index is 1290. The second-order valence-corrected chi connectivity index (χ2v) is 11.7. The van der Waals surface area contributed by atoms with Crippen LogP contribution in [0.2, 0.25) is 0 Å². The van der Waals surface area contributed by atoms with E-state index in [1.54, 1.807) is 37.0 Å². The predicted octanol–water partition coefficient (Wildman–Crippen LogP) is 1.80. The summed E-state index contributed by atoms with van der Waals surface area (Å²) in [5, 5.41) is 12.9. The number of likely N-dealkylation sites (tertiary alicyclic amines) is 1. The molecule has 0 aliphatic carbocycles. The van der Waals surface area contributed by atoms with Gasteiger partial charge >= 0.3 is 5.97 Å². The minimum atomic E-state index is -1.45. The Morgan fingerprint density at radius 3 is 2.49 bits per heavy atom. The van der Waals surface area contributed by atoms with Crippen molar-refractivity contribution >= 4 is 35.1 Å². The van der Waals surface area contributed by atoms with E-state index < -0.39 is 53.6 Å². The van der Waals surface area contributed by atoms with Gasteiger partial charge in [0.25, 0.3) is 5.91 Å². The molecule has 0 bridgehead atoms. The number of anilines is 2. The molecule has 2 N–H and O–H groups in total. The van der Waals surface area contributed by atoms with Crippen LogP contribution >= 0.6 is 0 Å². The second kappa shape index (κ2) is 12.5. The number of aliphatic hydroxyl groups is 1. The normalized spacial score (nSPS) is 32.4. The lowest BCUT2D eigenvalue weighted by Gasteiger charge is -2.37. The number of hydrogen-bond donors (Lipinski definition) is 2. The van der Waals surface area contributed by atoms with E-state index in [2.05, 4.69) is 24.1 Å². The van der Waals surface area contributed by atoms with Crippen molar-refractivity contribution in [3.8, 4) is 0 Å². The zero-order chi connectivity index (χ0) is 30.9. The highest BCUT2D eigenvalue weighted by molar-refractivity contribution is 6.05. The first-order valence-corrected chi connectivity index (χ1v) is 15.3. The van der Waals surface area contributed by atoms with Gasteiger partial charge in [0, 0.05) is 37.4 Å². The van der Waals surface area contributed by atoms with Crippen LogP contribution in [0.5, 0.6) is 0 Å². The molecule has 11 heteroatoms.